The molecule has 2 amide bonds. The number of anilines is 1. The van der Waals surface area contributed by atoms with Gasteiger partial charge in [-0.25, -0.2) is 13.2 Å². The van der Waals surface area contributed by atoms with Crippen LogP contribution >= 0.6 is 11.8 Å². The molecule has 2 N–H and O–H groups in total. The number of carbonyl (C=O) groups excluding carboxylic acids is 2. The molecule has 0 aliphatic rings. The van der Waals surface area contributed by atoms with Gasteiger partial charge < -0.3 is 10.6 Å². The molecule has 0 spiro atoms. The summed E-state index contributed by atoms with van der Waals surface area (Å²) in [6.07, 6.45) is 0. The third-order valence-corrected chi connectivity index (χ3v) is 5.04. The average Bonchev–Trinajstić information content (AvgIpc) is 2.65. The smallest absolute Gasteiger partial charge is 0.243 e. The van der Waals surface area contributed by atoms with Gasteiger partial charge in [0.2, 0.25) is 11.8 Å². The van der Waals surface area contributed by atoms with E-state index in [4.69, 9.17) is 0 Å². The van der Waals surface area contributed by atoms with Crippen molar-refractivity contribution in [2.45, 2.75) is 24.9 Å². The highest BCUT2D eigenvalue weighted by Gasteiger charge is 2.17. The Morgan fingerprint density at radius 3 is 2.48 bits per heavy atom. The van der Waals surface area contributed by atoms with Gasteiger partial charge in [-0.3, -0.25) is 9.59 Å². The number of thioether (sulfide) groups is 1. The molecule has 8 heteroatoms. The molecule has 0 saturated carbocycles. The van der Waals surface area contributed by atoms with Crippen molar-refractivity contribution in [2.24, 2.45) is 0 Å². The summed E-state index contributed by atoms with van der Waals surface area (Å²) in [4.78, 5) is 23.9. The molecule has 4 nitrogen and oxygen atoms in total. The molecule has 0 saturated heterocycles. The van der Waals surface area contributed by atoms with E-state index in [1.54, 1.807) is 6.92 Å². The van der Waals surface area contributed by atoms with E-state index in [0.717, 1.165) is 17.2 Å². The molecule has 0 aliphatic carbocycles. The molecule has 0 heterocycles. The van der Waals surface area contributed by atoms with Crippen LogP contribution in [0.25, 0.3) is 0 Å². The van der Waals surface area contributed by atoms with Gasteiger partial charge in [0.15, 0.2) is 17.5 Å². The first kappa shape index (κ1) is 20.8. The fraction of sp³-hybridized carbons (Fsp3) is 0.263. The van der Waals surface area contributed by atoms with Crippen molar-refractivity contribution in [3.63, 3.8) is 0 Å². The topological polar surface area (TPSA) is 58.2 Å². The van der Waals surface area contributed by atoms with Crippen molar-refractivity contribution in [2.75, 3.05) is 11.9 Å². The summed E-state index contributed by atoms with van der Waals surface area (Å²) in [5, 5.41) is 4.13. The Hall–Kier alpha value is -2.48. The number of carbonyl (C=O) groups is 2. The van der Waals surface area contributed by atoms with Crippen LogP contribution in [0.4, 0.5) is 18.9 Å². The summed E-state index contributed by atoms with van der Waals surface area (Å²) in [5.41, 5.74) is 1.76. The van der Waals surface area contributed by atoms with E-state index in [-0.39, 0.29) is 5.91 Å². The number of benzene rings is 2. The van der Waals surface area contributed by atoms with Crippen LogP contribution < -0.4 is 10.6 Å². The second-order valence-corrected chi connectivity index (χ2v) is 7.20. The van der Waals surface area contributed by atoms with E-state index < -0.39 is 40.8 Å². The highest BCUT2D eigenvalue weighted by atomic mass is 32.2. The van der Waals surface area contributed by atoms with Gasteiger partial charge in [-0.15, -0.1) is 11.8 Å². The molecule has 27 heavy (non-hydrogen) atoms. The van der Waals surface area contributed by atoms with Gasteiger partial charge in [-0.05, 0) is 37.1 Å². The summed E-state index contributed by atoms with van der Waals surface area (Å²) in [6, 6.07) is 9.45. The number of aryl methyl sites for hydroxylation is 1. The second-order valence-electron chi connectivity index (χ2n) is 5.87. The minimum atomic E-state index is -1.67. The Labute approximate surface area is 159 Å². The van der Waals surface area contributed by atoms with E-state index in [1.807, 2.05) is 31.2 Å². The SMILES string of the molecule is Cc1ccccc1CSC(C)C(=O)NCC(=O)Nc1ccc(F)c(F)c1F. The van der Waals surface area contributed by atoms with Crippen LogP contribution in [0, 0.1) is 24.4 Å². The molecule has 0 fully saturated rings. The second kappa shape index (κ2) is 9.45. The Balaban J connectivity index is 1.81. The molecule has 1 atom stereocenters. The van der Waals surface area contributed by atoms with Crippen LogP contribution in [0.3, 0.4) is 0 Å². The van der Waals surface area contributed by atoms with Crippen LogP contribution in [-0.2, 0) is 15.3 Å². The molecule has 1 unspecified atom stereocenters. The lowest BCUT2D eigenvalue weighted by atomic mass is 10.1. The summed E-state index contributed by atoms with van der Waals surface area (Å²) in [7, 11) is 0. The molecule has 144 valence electrons. The van der Waals surface area contributed by atoms with Gasteiger partial charge in [-0.2, -0.15) is 0 Å². The third kappa shape index (κ3) is 5.75. The van der Waals surface area contributed by atoms with E-state index in [0.29, 0.717) is 11.8 Å². The number of halogens is 3. The van der Waals surface area contributed by atoms with Gasteiger partial charge in [0, 0.05) is 5.75 Å². The Morgan fingerprint density at radius 1 is 1.07 bits per heavy atom. The lowest BCUT2D eigenvalue weighted by molar-refractivity contribution is -0.123. The standard InChI is InChI=1S/C19H19F3N2O2S/c1-11-5-3-4-6-13(11)10-27-12(2)19(26)23-9-16(25)24-15-8-7-14(20)17(21)18(15)22/h3-8,12H,9-10H2,1-2H3,(H,23,26)(H,24,25). The fourth-order valence-corrected chi connectivity index (χ4v) is 3.18. The molecule has 0 aromatic heterocycles. The Kier molecular flexibility index (Phi) is 7.29. The third-order valence-electron chi connectivity index (χ3n) is 3.85. The van der Waals surface area contributed by atoms with Crippen molar-refractivity contribution < 1.29 is 22.8 Å². The number of hydrogen-bond donors (Lipinski definition) is 2. The van der Waals surface area contributed by atoms with Crippen molar-refractivity contribution in [3.8, 4) is 0 Å². The zero-order valence-electron chi connectivity index (χ0n) is 14.8. The zero-order chi connectivity index (χ0) is 20.0. The molecule has 2 aromatic carbocycles. The Bertz CT molecular complexity index is 846. The van der Waals surface area contributed by atoms with Crippen LogP contribution in [-0.4, -0.2) is 23.6 Å². The average molecular weight is 396 g/mol. The van der Waals surface area contributed by atoms with E-state index in [2.05, 4.69) is 10.6 Å². The zero-order valence-corrected chi connectivity index (χ0v) is 15.6. The first-order valence-electron chi connectivity index (χ1n) is 8.16. The highest BCUT2D eigenvalue weighted by Crippen LogP contribution is 2.21. The lowest BCUT2D eigenvalue weighted by Crippen LogP contribution is -2.37. The van der Waals surface area contributed by atoms with Gasteiger partial charge in [0.1, 0.15) is 0 Å². The van der Waals surface area contributed by atoms with Gasteiger partial charge in [0.25, 0.3) is 0 Å². The predicted octanol–water partition coefficient (Wildman–Crippen LogP) is 3.79. The monoisotopic (exact) mass is 396 g/mol. The first-order valence-corrected chi connectivity index (χ1v) is 9.21. The normalized spacial score (nSPS) is 11.7. The molecule has 2 aromatic rings. The number of nitrogens with one attached hydrogen (secondary N) is 2. The maximum atomic E-state index is 13.5. The summed E-state index contributed by atoms with van der Waals surface area (Å²) in [6.45, 7) is 3.29. The summed E-state index contributed by atoms with van der Waals surface area (Å²) in [5.74, 6) is -4.96. The Morgan fingerprint density at radius 2 is 1.78 bits per heavy atom. The molecular formula is C19H19F3N2O2S. The van der Waals surface area contributed by atoms with Gasteiger partial charge >= 0.3 is 0 Å². The summed E-state index contributed by atoms with van der Waals surface area (Å²) < 4.78 is 39.5. The van der Waals surface area contributed by atoms with Gasteiger partial charge in [0.05, 0.1) is 17.5 Å². The number of rotatable bonds is 7. The molecule has 2 rings (SSSR count). The maximum Gasteiger partial charge on any atom is 0.243 e. The van der Waals surface area contributed by atoms with Crippen LogP contribution in [0.2, 0.25) is 0 Å². The molecule has 0 bridgehead atoms. The molecule has 0 radical (unpaired) electrons. The molecule has 0 aliphatic heterocycles. The number of amides is 2. The van der Waals surface area contributed by atoms with E-state index in [1.165, 1.54) is 11.8 Å². The minimum Gasteiger partial charge on any atom is -0.346 e. The van der Waals surface area contributed by atoms with E-state index >= 15 is 0 Å². The summed E-state index contributed by atoms with van der Waals surface area (Å²) >= 11 is 1.42. The number of hydrogen-bond acceptors (Lipinski definition) is 3. The minimum absolute atomic E-state index is 0.352. The molecular weight excluding hydrogens is 377 g/mol. The van der Waals surface area contributed by atoms with Crippen LogP contribution in [0.1, 0.15) is 18.1 Å². The van der Waals surface area contributed by atoms with Crippen molar-refractivity contribution in [1.29, 1.82) is 0 Å². The maximum absolute atomic E-state index is 13.5. The van der Waals surface area contributed by atoms with Crippen molar-refractivity contribution in [1.82, 2.24) is 5.32 Å². The van der Waals surface area contributed by atoms with Crippen molar-refractivity contribution >= 4 is 29.3 Å². The van der Waals surface area contributed by atoms with Crippen LogP contribution in [0.5, 0.6) is 0 Å². The fourth-order valence-electron chi connectivity index (χ4n) is 2.19. The first-order chi connectivity index (χ1) is 12.8. The van der Waals surface area contributed by atoms with Crippen LogP contribution in [0.15, 0.2) is 36.4 Å². The largest absolute Gasteiger partial charge is 0.346 e. The van der Waals surface area contributed by atoms with Gasteiger partial charge in [-0.1, -0.05) is 24.3 Å². The van der Waals surface area contributed by atoms with Crippen molar-refractivity contribution in [3.05, 3.63) is 65.0 Å². The van der Waals surface area contributed by atoms with E-state index in [9.17, 15) is 22.8 Å². The highest BCUT2D eigenvalue weighted by molar-refractivity contribution is 7.99. The predicted molar refractivity (Wildman–Crippen MR) is 99.9 cm³/mol. The lowest BCUT2D eigenvalue weighted by Gasteiger charge is -2.13. The quantitative estimate of drug-likeness (QED) is 0.700.